The van der Waals surface area contributed by atoms with Crippen LogP contribution in [0.15, 0.2) is 6.33 Å². The Bertz CT molecular complexity index is 543. The van der Waals surface area contributed by atoms with Crippen LogP contribution < -0.4 is 0 Å². The molecule has 0 saturated heterocycles. The molecule has 2 rings (SSSR count). The third-order valence-corrected chi connectivity index (χ3v) is 2.35. The van der Waals surface area contributed by atoms with E-state index < -0.39 is 5.97 Å². The average Bonchev–Trinajstić information content (AvgIpc) is 2.84. The molecule has 0 spiro atoms. The van der Waals surface area contributed by atoms with Gasteiger partial charge in [0.1, 0.15) is 5.69 Å². The molecule has 0 atom stereocenters. The summed E-state index contributed by atoms with van der Waals surface area (Å²) in [6, 6.07) is 0. The number of hydrogen-bond donors (Lipinski definition) is 2. The highest BCUT2D eigenvalue weighted by Crippen LogP contribution is 2.18. The van der Waals surface area contributed by atoms with Gasteiger partial charge in [0.15, 0.2) is 17.3 Å². The summed E-state index contributed by atoms with van der Waals surface area (Å²) in [6.07, 6.45) is 3.05. The maximum Gasteiger partial charge on any atom is 0.354 e. The van der Waals surface area contributed by atoms with Crippen molar-refractivity contribution in [1.29, 1.82) is 0 Å². The number of nitrogens with zero attached hydrogens (tertiary/aromatic N) is 4. The van der Waals surface area contributed by atoms with Crippen LogP contribution in [-0.2, 0) is 13.5 Å². The minimum atomic E-state index is -1.06. The lowest BCUT2D eigenvalue weighted by atomic mass is 10.3. The summed E-state index contributed by atoms with van der Waals surface area (Å²) < 4.78 is 1.55. The van der Waals surface area contributed by atoms with Crippen LogP contribution >= 0.6 is 0 Å². The number of aryl methyl sites for hydroxylation is 2. The van der Waals surface area contributed by atoms with Crippen molar-refractivity contribution >= 4 is 5.97 Å². The molecule has 0 fully saturated rings. The molecule has 17 heavy (non-hydrogen) atoms. The highest BCUT2D eigenvalue weighted by atomic mass is 16.4. The molecule has 0 radical (unpaired) electrons. The van der Waals surface area contributed by atoms with Crippen LogP contribution in [0.5, 0.6) is 0 Å². The van der Waals surface area contributed by atoms with Gasteiger partial charge in [-0.1, -0.05) is 6.92 Å². The van der Waals surface area contributed by atoms with Crippen molar-refractivity contribution in [1.82, 2.24) is 24.7 Å². The van der Waals surface area contributed by atoms with Crippen molar-refractivity contribution in [3.63, 3.8) is 0 Å². The molecular formula is C10H13N5O2. The first-order chi connectivity index (χ1) is 8.13. The monoisotopic (exact) mass is 235 g/mol. The SMILES string of the molecule is CCCc1nc(-c2nc[nH]c2C(=O)O)n(C)n1. The first-order valence-corrected chi connectivity index (χ1v) is 5.30. The van der Waals surface area contributed by atoms with Crippen molar-refractivity contribution in [2.24, 2.45) is 7.05 Å². The molecule has 2 aromatic heterocycles. The van der Waals surface area contributed by atoms with E-state index in [1.807, 2.05) is 6.92 Å². The Hall–Kier alpha value is -2.18. The zero-order valence-electron chi connectivity index (χ0n) is 9.64. The highest BCUT2D eigenvalue weighted by molar-refractivity contribution is 5.91. The van der Waals surface area contributed by atoms with Gasteiger partial charge in [0.2, 0.25) is 0 Å². The molecule has 90 valence electrons. The van der Waals surface area contributed by atoms with Gasteiger partial charge in [-0.05, 0) is 6.42 Å². The molecule has 0 aliphatic heterocycles. The van der Waals surface area contributed by atoms with Gasteiger partial charge in [-0.2, -0.15) is 5.10 Å². The number of rotatable bonds is 4. The smallest absolute Gasteiger partial charge is 0.354 e. The first-order valence-electron chi connectivity index (χ1n) is 5.30. The summed E-state index contributed by atoms with van der Waals surface area (Å²) in [6.45, 7) is 2.03. The highest BCUT2D eigenvalue weighted by Gasteiger charge is 2.19. The molecule has 0 unspecified atom stereocenters. The molecule has 0 bridgehead atoms. The first kappa shape index (κ1) is 11.3. The van der Waals surface area contributed by atoms with Gasteiger partial charge in [0.25, 0.3) is 0 Å². The van der Waals surface area contributed by atoms with E-state index in [0.29, 0.717) is 17.3 Å². The van der Waals surface area contributed by atoms with E-state index in [-0.39, 0.29) is 5.69 Å². The van der Waals surface area contributed by atoms with E-state index in [0.717, 1.165) is 12.8 Å². The Balaban J connectivity index is 2.45. The van der Waals surface area contributed by atoms with E-state index >= 15 is 0 Å². The predicted octanol–water partition coefficient (Wildman–Crippen LogP) is 0.856. The molecule has 7 nitrogen and oxygen atoms in total. The van der Waals surface area contributed by atoms with Crippen molar-refractivity contribution in [2.75, 3.05) is 0 Å². The van der Waals surface area contributed by atoms with Crippen molar-refractivity contribution < 1.29 is 9.90 Å². The maximum atomic E-state index is 11.0. The Morgan fingerprint density at radius 2 is 2.35 bits per heavy atom. The Labute approximate surface area is 97.5 Å². The lowest BCUT2D eigenvalue weighted by Gasteiger charge is -1.96. The number of H-pyrrole nitrogens is 1. The van der Waals surface area contributed by atoms with Crippen molar-refractivity contribution in [3.05, 3.63) is 17.8 Å². The topological polar surface area (TPSA) is 96.7 Å². The Morgan fingerprint density at radius 3 is 3.00 bits per heavy atom. The molecule has 0 amide bonds. The molecule has 0 saturated carbocycles. The standard InChI is InChI=1S/C10H13N5O2/c1-3-4-6-13-9(15(2)14-6)7-8(10(16)17)12-5-11-7/h5H,3-4H2,1-2H3,(H,11,12)(H,16,17). The summed E-state index contributed by atoms with van der Waals surface area (Å²) in [5, 5.41) is 13.2. The number of hydrogen-bond acceptors (Lipinski definition) is 4. The quantitative estimate of drug-likeness (QED) is 0.819. The van der Waals surface area contributed by atoms with Crippen LogP contribution in [0.25, 0.3) is 11.5 Å². The third kappa shape index (κ3) is 2.03. The van der Waals surface area contributed by atoms with Crippen molar-refractivity contribution in [2.45, 2.75) is 19.8 Å². The number of carboxylic acid groups (broad SMARTS) is 1. The average molecular weight is 235 g/mol. The molecule has 2 heterocycles. The second-order valence-corrected chi connectivity index (χ2v) is 3.66. The Kier molecular flexibility index (Phi) is 2.90. The summed E-state index contributed by atoms with van der Waals surface area (Å²) in [5.74, 6) is 0.106. The maximum absolute atomic E-state index is 11.0. The summed E-state index contributed by atoms with van der Waals surface area (Å²) in [4.78, 5) is 21.8. The van der Waals surface area contributed by atoms with Gasteiger partial charge in [-0.3, -0.25) is 0 Å². The number of nitrogens with one attached hydrogen (secondary N) is 1. The lowest BCUT2D eigenvalue weighted by Crippen LogP contribution is -2.02. The van der Waals surface area contributed by atoms with Gasteiger partial charge in [-0.15, -0.1) is 0 Å². The zero-order valence-corrected chi connectivity index (χ0v) is 9.64. The minimum Gasteiger partial charge on any atom is -0.477 e. The summed E-state index contributed by atoms with van der Waals surface area (Å²) in [5.41, 5.74) is 0.346. The Morgan fingerprint density at radius 1 is 1.59 bits per heavy atom. The zero-order chi connectivity index (χ0) is 12.4. The van der Waals surface area contributed by atoms with Gasteiger partial charge in [0, 0.05) is 13.5 Å². The summed E-state index contributed by atoms with van der Waals surface area (Å²) in [7, 11) is 1.72. The van der Waals surface area contributed by atoms with Gasteiger partial charge < -0.3 is 10.1 Å². The molecular weight excluding hydrogens is 222 g/mol. The molecule has 2 aromatic rings. The largest absolute Gasteiger partial charge is 0.477 e. The van der Waals surface area contributed by atoms with E-state index in [1.165, 1.54) is 6.33 Å². The van der Waals surface area contributed by atoms with E-state index in [9.17, 15) is 4.79 Å². The third-order valence-electron chi connectivity index (χ3n) is 2.35. The van der Waals surface area contributed by atoms with Crippen LogP contribution in [0.4, 0.5) is 0 Å². The molecule has 7 heteroatoms. The van der Waals surface area contributed by atoms with Crippen LogP contribution in [0.1, 0.15) is 29.7 Å². The van der Waals surface area contributed by atoms with E-state index in [4.69, 9.17) is 5.11 Å². The number of carbonyl (C=O) groups is 1. The van der Waals surface area contributed by atoms with Crippen LogP contribution in [0, 0.1) is 0 Å². The molecule has 0 aliphatic rings. The fraction of sp³-hybridized carbons (Fsp3) is 0.400. The minimum absolute atomic E-state index is 0.0311. The number of aromatic carboxylic acids is 1. The lowest BCUT2D eigenvalue weighted by molar-refractivity contribution is 0.0692. The molecule has 0 aliphatic carbocycles. The van der Waals surface area contributed by atoms with Gasteiger partial charge in [0.05, 0.1) is 6.33 Å². The number of aromatic amines is 1. The van der Waals surface area contributed by atoms with E-state index in [2.05, 4.69) is 20.1 Å². The normalized spacial score (nSPS) is 10.7. The number of imidazole rings is 1. The fourth-order valence-electron chi connectivity index (χ4n) is 1.60. The number of carboxylic acids is 1. The summed E-state index contributed by atoms with van der Waals surface area (Å²) >= 11 is 0. The van der Waals surface area contributed by atoms with E-state index in [1.54, 1.807) is 11.7 Å². The number of aromatic nitrogens is 5. The van der Waals surface area contributed by atoms with Gasteiger partial charge in [-0.25, -0.2) is 19.4 Å². The second kappa shape index (κ2) is 4.36. The van der Waals surface area contributed by atoms with Gasteiger partial charge >= 0.3 is 5.97 Å². The fourth-order valence-corrected chi connectivity index (χ4v) is 1.60. The predicted molar refractivity (Wildman–Crippen MR) is 59.5 cm³/mol. The van der Waals surface area contributed by atoms with Crippen LogP contribution in [0.2, 0.25) is 0 Å². The molecule has 2 N–H and O–H groups in total. The van der Waals surface area contributed by atoms with Crippen LogP contribution in [-0.4, -0.2) is 35.8 Å². The van der Waals surface area contributed by atoms with Crippen LogP contribution in [0.3, 0.4) is 0 Å². The van der Waals surface area contributed by atoms with Crippen molar-refractivity contribution in [3.8, 4) is 11.5 Å². The second-order valence-electron chi connectivity index (χ2n) is 3.66. The molecule has 0 aromatic carbocycles.